The Bertz CT molecular complexity index is 1100. The van der Waals surface area contributed by atoms with Crippen LogP contribution in [-0.4, -0.2) is 59.8 Å². The smallest absolute Gasteiger partial charge is 0.343 e. The monoisotopic (exact) mass is 439 g/mol. The van der Waals surface area contributed by atoms with E-state index in [1.807, 2.05) is 29.2 Å². The first-order valence-corrected chi connectivity index (χ1v) is 10.2. The van der Waals surface area contributed by atoms with Gasteiger partial charge in [-0.1, -0.05) is 17.7 Å². The predicted molar refractivity (Wildman–Crippen MR) is 119 cm³/mol. The molecule has 2 heterocycles. The highest BCUT2D eigenvalue weighted by atomic mass is 35.5. The summed E-state index contributed by atoms with van der Waals surface area (Å²) in [5, 5.41) is 4.84. The standard InChI is InChI=1S/C22H22ClN5O3/c1-31-22(30)19-14-25-28(20(19)24)17-7-5-15(6-8-17)21(29)27-11-9-26(10-12-27)18-4-2-3-16(23)13-18/h2-8,13-14H,9-12,24H2,1H3. The number of nitrogen functional groups attached to an aromatic ring is 1. The number of halogens is 1. The number of carbonyl (C=O) groups excluding carboxylic acids is 2. The van der Waals surface area contributed by atoms with E-state index in [0.717, 1.165) is 18.8 Å². The summed E-state index contributed by atoms with van der Waals surface area (Å²) in [5.41, 5.74) is 8.50. The zero-order valence-corrected chi connectivity index (χ0v) is 17.7. The van der Waals surface area contributed by atoms with Crippen molar-refractivity contribution in [2.75, 3.05) is 43.9 Å². The minimum atomic E-state index is -0.549. The third-order valence-corrected chi connectivity index (χ3v) is 5.55. The lowest BCUT2D eigenvalue weighted by Gasteiger charge is -2.36. The summed E-state index contributed by atoms with van der Waals surface area (Å²) in [6.45, 7) is 2.73. The summed E-state index contributed by atoms with van der Waals surface area (Å²) < 4.78 is 6.13. The van der Waals surface area contributed by atoms with E-state index < -0.39 is 5.97 Å². The van der Waals surface area contributed by atoms with Gasteiger partial charge in [-0.05, 0) is 42.5 Å². The van der Waals surface area contributed by atoms with E-state index in [1.165, 1.54) is 18.0 Å². The number of benzene rings is 2. The third-order valence-electron chi connectivity index (χ3n) is 5.31. The van der Waals surface area contributed by atoms with Gasteiger partial charge in [0.15, 0.2) is 0 Å². The number of hydrogen-bond donors (Lipinski definition) is 1. The number of methoxy groups -OCH3 is 1. The van der Waals surface area contributed by atoms with Gasteiger partial charge in [0.25, 0.3) is 5.91 Å². The van der Waals surface area contributed by atoms with Crippen LogP contribution in [-0.2, 0) is 4.74 Å². The Morgan fingerprint density at radius 3 is 2.39 bits per heavy atom. The van der Waals surface area contributed by atoms with E-state index in [4.69, 9.17) is 22.1 Å². The average Bonchev–Trinajstić information content (AvgIpc) is 3.19. The number of nitrogens with zero attached hydrogens (tertiary/aromatic N) is 4. The Kier molecular flexibility index (Phi) is 5.81. The molecule has 0 spiro atoms. The fourth-order valence-corrected chi connectivity index (χ4v) is 3.78. The molecule has 0 saturated carbocycles. The van der Waals surface area contributed by atoms with Crippen molar-refractivity contribution < 1.29 is 14.3 Å². The maximum Gasteiger partial charge on any atom is 0.343 e. The van der Waals surface area contributed by atoms with Crippen molar-refractivity contribution in [1.82, 2.24) is 14.7 Å². The molecule has 3 aromatic rings. The number of amides is 1. The highest BCUT2D eigenvalue weighted by molar-refractivity contribution is 6.30. The zero-order chi connectivity index (χ0) is 22.0. The van der Waals surface area contributed by atoms with Gasteiger partial charge in [-0.15, -0.1) is 0 Å². The zero-order valence-electron chi connectivity index (χ0n) is 17.0. The van der Waals surface area contributed by atoms with Crippen molar-refractivity contribution in [3.63, 3.8) is 0 Å². The average molecular weight is 440 g/mol. The number of carbonyl (C=O) groups is 2. The summed E-state index contributed by atoms with van der Waals surface area (Å²) in [7, 11) is 1.29. The van der Waals surface area contributed by atoms with Crippen LogP contribution in [0, 0.1) is 0 Å². The number of hydrogen-bond acceptors (Lipinski definition) is 6. The van der Waals surface area contributed by atoms with Gasteiger partial charge in [-0.2, -0.15) is 5.10 Å². The molecule has 1 amide bonds. The fourth-order valence-electron chi connectivity index (χ4n) is 3.60. The van der Waals surface area contributed by atoms with Crippen LogP contribution in [0.1, 0.15) is 20.7 Å². The second-order valence-corrected chi connectivity index (χ2v) is 7.59. The molecule has 4 rings (SSSR count). The van der Waals surface area contributed by atoms with Crippen LogP contribution < -0.4 is 10.6 Å². The highest BCUT2D eigenvalue weighted by Gasteiger charge is 2.23. The van der Waals surface area contributed by atoms with Gasteiger partial charge in [0, 0.05) is 42.5 Å². The topological polar surface area (TPSA) is 93.7 Å². The first-order valence-electron chi connectivity index (χ1n) is 9.80. The first-order chi connectivity index (χ1) is 15.0. The van der Waals surface area contributed by atoms with Gasteiger partial charge in [0.1, 0.15) is 11.4 Å². The predicted octanol–water partition coefficient (Wildman–Crippen LogP) is 2.86. The maximum atomic E-state index is 12.9. The van der Waals surface area contributed by atoms with Crippen molar-refractivity contribution in [2.24, 2.45) is 0 Å². The molecule has 2 N–H and O–H groups in total. The SMILES string of the molecule is COC(=O)c1cnn(-c2ccc(C(=O)N3CCN(c4cccc(Cl)c4)CC3)cc2)c1N. The fraction of sp³-hybridized carbons (Fsp3) is 0.227. The molecule has 0 bridgehead atoms. The van der Waals surface area contributed by atoms with E-state index in [9.17, 15) is 9.59 Å². The molecule has 31 heavy (non-hydrogen) atoms. The lowest BCUT2D eigenvalue weighted by molar-refractivity contribution is 0.0601. The normalized spacial score (nSPS) is 13.9. The molecule has 1 aromatic heterocycles. The van der Waals surface area contributed by atoms with Crippen LogP contribution in [0.4, 0.5) is 11.5 Å². The number of ether oxygens (including phenoxy) is 1. The van der Waals surface area contributed by atoms with Crippen molar-refractivity contribution in [1.29, 1.82) is 0 Å². The van der Waals surface area contributed by atoms with Crippen LogP contribution in [0.5, 0.6) is 0 Å². The first kappa shape index (κ1) is 20.7. The lowest BCUT2D eigenvalue weighted by Crippen LogP contribution is -2.48. The Morgan fingerprint density at radius 2 is 1.74 bits per heavy atom. The quantitative estimate of drug-likeness (QED) is 0.628. The Balaban J connectivity index is 1.42. The Labute approximate surface area is 184 Å². The Morgan fingerprint density at radius 1 is 1.03 bits per heavy atom. The van der Waals surface area contributed by atoms with Gasteiger partial charge in [-0.3, -0.25) is 4.79 Å². The van der Waals surface area contributed by atoms with Crippen LogP contribution in [0.15, 0.2) is 54.7 Å². The van der Waals surface area contributed by atoms with Crippen molar-refractivity contribution in [2.45, 2.75) is 0 Å². The molecule has 0 radical (unpaired) electrons. The molecular formula is C22H22ClN5O3. The van der Waals surface area contributed by atoms with E-state index in [0.29, 0.717) is 29.4 Å². The van der Waals surface area contributed by atoms with Crippen molar-refractivity contribution >= 4 is 35.0 Å². The van der Waals surface area contributed by atoms with Crippen LogP contribution in [0.3, 0.4) is 0 Å². The van der Waals surface area contributed by atoms with Crippen molar-refractivity contribution in [3.05, 3.63) is 70.9 Å². The van der Waals surface area contributed by atoms with Gasteiger partial charge < -0.3 is 20.3 Å². The highest BCUT2D eigenvalue weighted by Crippen LogP contribution is 2.22. The molecule has 160 valence electrons. The summed E-state index contributed by atoms with van der Waals surface area (Å²) in [6, 6.07) is 14.7. The molecule has 2 aromatic carbocycles. The van der Waals surface area contributed by atoms with E-state index >= 15 is 0 Å². The largest absolute Gasteiger partial charge is 0.465 e. The van der Waals surface area contributed by atoms with Crippen LogP contribution in [0.25, 0.3) is 5.69 Å². The molecule has 8 nitrogen and oxygen atoms in total. The Hall–Kier alpha value is -3.52. The van der Waals surface area contributed by atoms with E-state index in [-0.39, 0.29) is 17.3 Å². The van der Waals surface area contributed by atoms with Gasteiger partial charge >= 0.3 is 5.97 Å². The minimum Gasteiger partial charge on any atom is -0.465 e. The molecule has 9 heteroatoms. The van der Waals surface area contributed by atoms with Crippen molar-refractivity contribution in [3.8, 4) is 5.69 Å². The number of rotatable bonds is 4. The molecule has 1 fully saturated rings. The number of esters is 1. The summed E-state index contributed by atoms with van der Waals surface area (Å²) in [4.78, 5) is 28.7. The summed E-state index contributed by atoms with van der Waals surface area (Å²) in [6.07, 6.45) is 1.36. The van der Waals surface area contributed by atoms with Gasteiger partial charge in [0.05, 0.1) is 19.0 Å². The lowest BCUT2D eigenvalue weighted by atomic mass is 10.1. The molecule has 0 aliphatic carbocycles. The number of piperazine rings is 1. The summed E-state index contributed by atoms with van der Waals surface area (Å²) >= 11 is 6.09. The molecule has 0 atom stereocenters. The second-order valence-electron chi connectivity index (χ2n) is 7.15. The summed E-state index contributed by atoms with van der Waals surface area (Å²) in [5.74, 6) is -0.392. The maximum absolute atomic E-state index is 12.9. The molecular weight excluding hydrogens is 418 g/mol. The van der Waals surface area contributed by atoms with E-state index in [2.05, 4.69) is 10.00 Å². The minimum absolute atomic E-state index is 0.0269. The van der Waals surface area contributed by atoms with Crippen LogP contribution >= 0.6 is 11.6 Å². The molecule has 1 aliphatic heterocycles. The number of aromatic nitrogens is 2. The van der Waals surface area contributed by atoms with Gasteiger partial charge in [0.2, 0.25) is 0 Å². The molecule has 0 unspecified atom stereocenters. The number of nitrogens with two attached hydrogens (primary N) is 1. The molecule has 1 saturated heterocycles. The second kappa shape index (κ2) is 8.69. The number of anilines is 2. The third kappa shape index (κ3) is 4.20. The van der Waals surface area contributed by atoms with E-state index in [1.54, 1.807) is 24.3 Å². The van der Waals surface area contributed by atoms with Crippen LogP contribution in [0.2, 0.25) is 5.02 Å². The molecule has 1 aliphatic rings. The van der Waals surface area contributed by atoms with Gasteiger partial charge in [-0.25, -0.2) is 9.48 Å².